The summed E-state index contributed by atoms with van der Waals surface area (Å²) in [6, 6.07) is 5.11. The van der Waals surface area contributed by atoms with Crippen LogP contribution in [0, 0.1) is 30.5 Å². The molecule has 0 amide bonds. The molecule has 1 aromatic rings. The Hall–Kier alpha value is -0.890. The van der Waals surface area contributed by atoms with Gasteiger partial charge in [-0.15, -0.1) is 0 Å². The van der Waals surface area contributed by atoms with Crippen molar-refractivity contribution in [3.63, 3.8) is 0 Å². The molecule has 0 aliphatic heterocycles. The van der Waals surface area contributed by atoms with Gasteiger partial charge >= 0.3 is 0 Å². The van der Waals surface area contributed by atoms with Gasteiger partial charge in [0.25, 0.3) is 0 Å². The lowest BCUT2D eigenvalue weighted by Crippen LogP contribution is -2.05. The minimum absolute atomic E-state index is 0.206. The van der Waals surface area contributed by atoms with Crippen molar-refractivity contribution < 1.29 is 9.50 Å². The van der Waals surface area contributed by atoms with Crippen LogP contribution in [0.1, 0.15) is 36.5 Å². The summed E-state index contributed by atoms with van der Waals surface area (Å²) in [7, 11) is 0. The maximum atomic E-state index is 13.4. The largest absolute Gasteiger partial charge is 0.388 e. The van der Waals surface area contributed by atoms with Crippen LogP contribution in [0.3, 0.4) is 0 Å². The second-order valence-electron chi connectivity index (χ2n) is 5.29. The van der Waals surface area contributed by atoms with Gasteiger partial charge in [-0.05, 0) is 54.7 Å². The summed E-state index contributed by atoms with van der Waals surface area (Å²) in [5.41, 5.74) is 1.40. The Labute approximate surface area is 95.3 Å². The predicted octanol–water partition coefficient (Wildman–Crippen LogP) is 3.21. The van der Waals surface area contributed by atoms with E-state index in [1.165, 1.54) is 25.3 Å². The fourth-order valence-electron chi connectivity index (χ4n) is 3.36. The van der Waals surface area contributed by atoms with Crippen LogP contribution in [0.15, 0.2) is 18.2 Å². The van der Waals surface area contributed by atoms with E-state index in [2.05, 4.69) is 0 Å². The minimum Gasteiger partial charge on any atom is -0.388 e. The van der Waals surface area contributed by atoms with Gasteiger partial charge in [-0.25, -0.2) is 4.39 Å². The fraction of sp³-hybridized carbons (Fsp3) is 0.571. The zero-order valence-electron chi connectivity index (χ0n) is 9.49. The Balaban J connectivity index is 1.79. The van der Waals surface area contributed by atoms with Crippen molar-refractivity contribution in [2.45, 2.75) is 32.3 Å². The Morgan fingerprint density at radius 3 is 2.62 bits per heavy atom. The number of halogens is 1. The molecule has 86 valence electrons. The molecule has 0 radical (unpaired) electrons. The van der Waals surface area contributed by atoms with Gasteiger partial charge in [0.15, 0.2) is 0 Å². The lowest BCUT2D eigenvalue weighted by atomic mass is 9.98. The van der Waals surface area contributed by atoms with Crippen molar-refractivity contribution in [2.24, 2.45) is 17.8 Å². The number of aliphatic hydroxyl groups is 1. The number of rotatable bonds is 2. The third-order valence-corrected chi connectivity index (χ3v) is 4.37. The Morgan fingerprint density at radius 2 is 2.00 bits per heavy atom. The molecule has 2 aliphatic rings. The van der Waals surface area contributed by atoms with Gasteiger partial charge < -0.3 is 5.11 Å². The molecule has 3 unspecified atom stereocenters. The number of aliphatic hydroxyl groups excluding tert-OH is 1. The molecule has 1 N–H and O–H groups in total. The molecule has 0 aromatic heterocycles. The molecule has 2 heteroatoms. The summed E-state index contributed by atoms with van der Waals surface area (Å²) in [6.45, 7) is 1.75. The number of hydrogen-bond acceptors (Lipinski definition) is 1. The van der Waals surface area contributed by atoms with Crippen molar-refractivity contribution in [2.75, 3.05) is 0 Å². The van der Waals surface area contributed by atoms with Gasteiger partial charge in [-0.1, -0.05) is 18.6 Å². The molecule has 0 spiro atoms. The van der Waals surface area contributed by atoms with E-state index in [0.29, 0.717) is 23.3 Å². The number of benzene rings is 1. The van der Waals surface area contributed by atoms with Crippen molar-refractivity contribution in [3.05, 3.63) is 35.1 Å². The van der Waals surface area contributed by atoms with Crippen LogP contribution >= 0.6 is 0 Å². The van der Waals surface area contributed by atoms with Crippen molar-refractivity contribution in [1.29, 1.82) is 0 Å². The standard InChI is InChI=1S/C14H17FO/c1-8-5-6-9(7-12(8)15)14(16)13-10-3-2-4-11(10)13/h5-7,10-11,13-14,16H,2-4H2,1H3. The first kappa shape index (κ1) is 10.3. The predicted molar refractivity (Wildman–Crippen MR) is 60.4 cm³/mol. The molecule has 1 nitrogen and oxygen atoms in total. The highest BCUT2D eigenvalue weighted by Gasteiger charge is 2.55. The Kier molecular flexibility index (Phi) is 2.28. The van der Waals surface area contributed by atoms with E-state index >= 15 is 0 Å². The summed E-state index contributed by atoms with van der Waals surface area (Å²) in [4.78, 5) is 0. The smallest absolute Gasteiger partial charge is 0.126 e. The molecule has 16 heavy (non-hydrogen) atoms. The first-order valence-electron chi connectivity index (χ1n) is 6.12. The third kappa shape index (κ3) is 1.47. The number of fused-ring (bicyclic) bond motifs is 1. The minimum atomic E-state index is -0.453. The maximum absolute atomic E-state index is 13.4. The summed E-state index contributed by atoms with van der Waals surface area (Å²) in [5.74, 6) is 1.61. The van der Waals surface area contributed by atoms with Gasteiger partial charge in [0.2, 0.25) is 0 Å². The highest BCUT2D eigenvalue weighted by atomic mass is 19.1. The first-order chi connectivity index (χ1) is 7.68. The van der Waals surface area contributed by atoms with Crippen LogP contribution in [0.25, 0.3) is 0 Å². The van der Waals surface area contributed by atoms with Gasteiger partial charge in [0.05, 0.1) is 6.10 Å². The highest BCUT2D eigenvalue weighted by molar-refractivity contribution is 5.27. The molecule has 2 aliphatic carbocycles. The lowest BCUT2D eigenvalue weighted by molar-refractivity contribution is 0.137. The van der Waals surface area contributed by atoms with Crippen LogP contribution in [0.2, 0.25) is 0 Å². The van der Waals surface area contributed by atoms with Crippen LogP contribution in [0.5, 0.6) is 0 Å². The average Bonchev–Trinajstić information content (AvgIpc) is 2.74. The van der Waals surface area contributed by atoms with E-state index in [-0.39, 0.29) is 5.82 Å². The van der Waals surface area contributed by atoms with Crippen molar-refractivity contribution in [1.82, 2.24) is 0 Å². The molecule has 1 aromatic carbocycles. The Morgan fingerprint density at radius 1 is 1.31 bits per heavy atom. The van der Waals surface area contributed by atoms with Crippen LogP contribution in [-0.4, -0.2) is 5.11 Å². The molecule has 0 saturated heterocycles. The fourth-order valence-corrected chi connectivity index (χ4v) is 3.36. The molecule has 3 atom stereocenters. The zero-order valence-corrected chi connectivity index (χ0v) is 9.49. The van der Waals surface area contributed by atoms with E-state index in [4.69, 9.17) is 0 Å². The SMILES string of the molecule is Cc1ccc(C(O)C2C3CCCC32)cc1F. The second-order valence-corrected chi connectivity index (χ2v) is 5.29. The van der Waals surface area contributed by atoms with Crippen LogP contribution in [-0.2, 0) is 0 Å². The van der Waals surface area contributed by atoms with E-state index in [0.717, 1.165) is 5.56 Å². The summed E-state index contributed by atoms with van der Waals surface area (Å²) >= 11 is 0. The van der Waals surface area contributed by atoms with Crippen molar-refractivity contribution >= 4 is 0 Å². The quantitative estimate of drug-likeness (QED) is 0.811. The second kappa shape index (κ2) is 3.56. The molecule has 0 bridgehead atoms. The first-order valence-corrected chi connectivity index (χ1v) is 6.12. The number of aryl methyl sites for hydroxylation is 1. The Bertz CT molecular complexity index is 405. The topological polar surface area (TPSA) is 20.2 Å². The van der Waals surface area contributed by atoms with E-state index in [9.17, 15) is 9.50 Å². The zero-order chi connectivity index (χ0) is 11.3. The highest BCUT2D eigenvalue weighted by Crippen LogP contribution is 2.62. The molecule has 2 saturated carbocycles. The molecule has 3 rings (SSSR count). The molecular formula is C14H17FO. The molecule has 0 heterocycles. The van der Waals surface area contributed by atoms with Gasteiger partial charge in [-0.3, -0.25) is 0 Å². The lowest BCUT2D eigenvalue weighted by Gasteiger charge is -2.13. The van der Waals surface area contributed by atoms with Crippen LogP contribution in [0.4, 0.5) is 4.39 Å². The van der Waals surface area contributed by atoms with E-state index in [1.807, 2.05) is 6.07 Å². The van der Waals surface area contributed by atoms with Crippen LogP contribution < -0.4 is 0 Å². The molecule has 2 fully saturated rings. The molecular weight excluding hydrogens is 203 g/mol. The normalized spacial score (nSPS) is 33.6. The van der Waals surface area contributed by atoms with Crippen molar-refractivity contribution in [3.8, 4) is 0 Å². The number of hydrogen-bond donors (Lipinski definition) is 1. The van der Waals surface area contributed by atoms with E-state index < -0.39 is 6.10 Å². The average molecular weight is 220 g/mol. The maximum Gasteiger partial charge on any atom is 0.126 e. The van der Waals surface area contributed by atoms with Gasteiger partial charge in [-0.2, -0.15) is 0 Å². The monoisotopic (exact) mass is 220 g/mol. The summed E-state index contributed by atoms with van der Waals surface area (Å²) < 4.78 is 13.4. The third-order valence-electron chi connectivity index (χ3n) is 4.37. The van der Waals surface area contributed by atoms with Gasteiger partial charge in [0, 0.05) is 0 Å². The summed E-state index contributed by atoms with van der Waals surface area (Å²) in [6.07, 6.45) is 3.35. The summed E-state index contributed by atoms with van der Waals surface area (Å²) in [5, 5.41) is 10.2. The van der Waals surface area contributed by atoms with Gasteiger partial charge in [0.1, 0.15) is 5.82 Å². The van der Waals surface area contributed by atoms with E-state index in [1.54, 1.807) is 13.0 Å².